The minimum atomic E-state index is -0.823. The molecule has 1 unspecified atom stereocenters. The van der Waals surface area contributed by atoms with Crippen molar-refractivity contribution in [2.24, 2.45) is 0 Å². The van der Waals surface area contributed by atoms with Gasteiger partial charge in [-0.15, -0.1) is 0 Å². The van der Waals surface area contributed by atoms with E-state index in [1.165, 1.54) is 38.5 Å². The highest BCUT2D eigenvalue weighted by atomic mass is 16.6. The van der Waals surface area contributed by atoms with Gasteiger partial charge in [-0.3, -0.25) is 14.4 Å². The number of unbranched alkanes of at least 4 members (excludes halogenated alkanes) is 14. The summed E-state index contributed by atoms with van der Waals surface area (Å²) in [5.74, 6) is -1.04. The molecule has 0 heterocycles. The van der Waals surface area contributed by atoms with E-state index in [1.54, 1.807) is 0 Å². The Kier molecular flexibility index (Phi) is 46.6. The van der Waals surface area contributed by atoms with Crippen LogP contribution in [0.15, 0.2) is 109 Å². The van der Waals surface area contributed by atoms with E-state index in [4.69, 9.17) is 14.2 Å². The number of rotatable bonds is 43. The number of hydrogen-bond acceptors (Lipinski definition) is 6. The summed E-state index contributed by atoms with van der Waals surface area (Å²) in [6.07, 6.45) is 66.6. The van der Waals surface area contributed by atoms with E-state index in [9.17, 15) is 14.4 Å². The van der Waals surface area contributed by atoms with Crippen molar-refractivity contribution in [3.8, 4) is 0 Å². The Balaban J connectivity index is 4.54. The van der Waals surface area contributed by atoms with Gasteiger partial charge in [-0.2, -0.15) is 0 Å². The molecule has 0 saturated heterocycles. The number of ether oxygens (including phenoxy) is 3. The molecule has 6 nitrogen and oxygen atoms in total. The van der Waals surface area contributed by atoms with Crippen LogP contribution in [0.2, 0.25) is 0 Å². The summed E-state index contributed by atoms with van der Waals surface area (Å²) in [4.78, 5) is 37.9. The van der Waals surface area contributed by atoms with E-state index >= 15 is 0 Å². The molecule has 0 aliphatic carbocycles. The highest BCUT2D eigenvalue weighted by Gasteiger charge is 2.19. The molecule has 0 amide bonds. The van der Waals surface area contributed by atoms with Crippen LogP contribution in [0.3, 0.4) is 0 Å². The highest BCUT2D eigenvalue weighted by Crippen LogP contribution is 2.12. The second-order valence-electron chi connectivity index (χ2n) is 16.0. The molecule has 0 aliphatic heterocycles. The SMILES string of the molecule is CC/C=C\C/C=C\C/C=C\C/C=C\C/C=C\C/C=C\CCC(=O)OCC(COC(=O)CCCCCCC/C=C\C/C=C\CC)OC(=O)CCCCC/C=C\CCCCCCCC. The molecule has 0 aromatic heterocycles. The van der Waals surface area contributed by atoms with E-state index in [0.717, 1.165) is 122 Å². The summed E-state index contributed by atoms with van der Waals surface area (Å²) in [7, 11) is 0. The third kappa shape index (κ3) is 47.1. The van der Waals surface area contributed by atoms with Crippen molar-refractivity contribution >= 4 is 17.9 Å². The predicted molar refractivity (Wildman–Crippen MR) is 265 cm³/mol. The van der Waals surface area contributed by atoms with Gasteiger partial charge in [-0.25, -0.2) is 0 Å². The van der Waals surface area contributed by atoms with Crippen LogP contribution in [-0.2, 0) is 28.6 Å². The molecule has 6 heteroatoms. The van der Waals surface area contributed by atoms with E-state index in [2.05, 4.69) is 118 Å². The normalized spacial score (nSPS) is 13.0. The maximum absolute atomic E-state index is 12.8. The average Bonchev–Trinajstić information content (AvgIpc) is 3.27. The van der Waals surface area contributed by atoms with Gasteiger partial charge in [0.1, 0.15) is 13.2 Å². The average molecular weight is 859 g/mol. The quantitative estimate of drug-likeness (QED) is 0.0263. The molecule has 0 aliphatic rings. The van der Waals surface area contributed by atoms with Crippen molar-refractivity contribution < 1.29 is 28.6 Å². The molecule has 0 aromatic rings. The van der Waals surface area contributed by atoms with Gasteiger partial charge in [0.05, 0.1) is 0 Å². The van der Waals surface area contributed by atoms with Crippen molar-refractivity contribution in [2.75, 3.05) is 13.2 Å². The van der Waals surface area contributed by atoms with Gasteiger partial charge in [0.25, 0.3) is 0 Å². The summed E-state index contributed by atoms with van der Waals surface area (Å²) in [5, 5.41) is 0. The first kappa shape index (κ1) is 58.1. The molecule has 0 aromatic carbocycles. The second-order valence-corrected chi connectivity index (χ2v) is 16.0. The van der Waals surface area contributed by atoms with Gasteiger partial charge in [0, 0.05) is 19.3 Å². The maximum Gasteiger partial charge on any atom is 0.306 e. The summed E-state index contributed by atoms with van der Waals surface area (Å²) < 4.78 is 16.7. The van der Waals surface area contributed by atoms with Gasteiger partial charge in [0.2, 0.25) is 0 Å². The largest absolute Gasteiger partial charge is 0.462 e. The smallest absolute Gasteiger partial charge is 0.306 e. The molecular formula is C56H90O6. The van der Waals surface area contributed by atoms with Crippen LogP contribution in [0, 0.1) is 0 Å². The molecule has 0 saturated carbocycles. The van der Waals surface area contributed by atoms with Crippen molar-refractivity contribution in [1.29, 1.82) is 0 Å². The first-order valence-corrected chi connectivity index (χ1v) is 24.9. The number of esters is 3. The molecule has 0 rings (SSSR count). The minimum absolute atomic E-state index is 0.117. The number of allylic oxidation sites excluding steroid dienone is 18. The fourth-order valence-corrected chi connectivity index (χ4v) is 6.32. The second kappa shape index (κ2) is 49.7. The van der Waals surface area contributed by atoms with E-state index in [1.807, 2.05) is 12.2 Å². The van der Waals surface area contributed by atoms with E-state index < -0.39 is 6.10 Å². The van der Waals surface area contributed by atoms with E-state index in [-0.39, 0.29) is 44.0 Å². The Labute approximate surface area is 380 Å². The zero-order valence-corrected chi connectivity index (χ0v) is 39.8. The minimum Gasteiger partial charge on any atom is -0.462 e. The number of carbonyl (C=O) groups excluding carboxylic acids is 3. The zero-order valence-electron chi connectivity index (χ0n) is 39.8. The monoisotopic (exact) mass is 859 g/mol. The van der Waals surface area contributed by atoms with Crippen LogP contribution in [-0.4, -0.2) is 37.2 Å². The van der Waals surface area contributed by atoms with Gasteiger partial charge in [-0.1, -0.05) is 188 Å². The Hall–Kier alpha value is -3.93. The Morgan fingerprint density at radius 2 is 0.661 bits per heavy atom. The molecule has 62 heavy (non-hydrogen) atoms. The lowest BCUT2D eigenvalue weighted by atomic mass is 10.1. The van der Waals surface area contributed by atoms with Crippen LogP contribution in [0.1, 0.15) is 207 Å². The number of hydrogen-bond donors (Lipinski definition) is 0. The summed E-state index contributed by atoms with van der Waals surface area (Å²) >= 11 is 0. The van der Waals surface area contributed by atoms with Crippen molar-refractivity contribution in [3.63, 3.8) is 0 Å². The zero-order chi connectivity index (χ0) is 45.1. The van der Waals surface area contributed by atoms with Crippen LogP contribution in [0.25, 0.3) is 0 Å². The topological polar surface area (TPSA) is 78.9 Å². The maximum atomic E-state index is 12.8. The van der Waals surface area contributed by atoms with Crippen LogP contribution in [0.4, 0.5) is 0 Å². The van der Waals surface area contributed by atoms with Gasteiger partial charge in [0.15, 0.2) is 6.10 Å². The molecule has 0 fully saturated rings. The third-order valence-electron chi connectivity index (χ3n) is 10.0. The van der Waals surface area contributed by atoms with Crippen molar-refractivity contribution in [3.05, 3.63) is 109 Å². The molecule has 1 atom stereocenters. The van der Waals surface area contributed by atoms with Gasteiger partial charge < -0.3 is 14.2 Å². The standard InChI is InChI=1S/C56H90O6/c1-4-7-10-13-16-19-22-25-26-27-28-29-30-32-34-37-40-43-46-49-55(58)61-52-53(51-60-54(57)48-45-42-39-36-33-24-21-18-15-12-9-6-3)62-56(59)50-47-44-41-38-35-31-23-20-17-14-11-8-5-2/h7,9-10,12,16,18-19,21,25-26,28-29,31-32,34-35,40,43,53H,4-6,8,11,13-15,17,20,22-24,27,30,33,36-39,41-42,44-52H2,1-3H3/b10-7-,12-9-,19-16-,21-18-,26-25-,29-28-,34-32-,35-31-,43-40-. The first-order valence-electron chi connectivity index (χ1n) is 24.9. The van der Waals surface area contributed by atoms with Gasteiger partial charge in [-0.05, 0) is 109 Å². The molecule has 0 bridgehead atoms. The fourth-order valence-electron chi connectivity index (χ4n) is 6.32. The first-order chi connectivity index (χ1) is 30.5. The lowest BCUT2D eigenvalue weighted by Crippen LogP contribution is -2.30. The van der Waals surface area contributed by atoms with Crippen LogP contribution >= 0.6 is 0 Å². The fraction of sp³-hybridized carbons (Fsp3) is 0.625. The summed E-state index contributed by atoms with van der Waals surface area (Å²) in [6, 6.07) is 0. The molecule has 0 N–H and O–H groups in total. The third-order valence-corrected chi connectivity index (χ3v) is 10.0. The van der Waals surface area contributed by atoms with Crippen LogP contribution < -0.4 is 0 Å². The highest BCUT2D eigenvalue weighted by molar-refractivity contribution is 5.71. The molecule has 0 radical (unpaired) electrons. The molecule has 350 valence electrons. The summed E-state index contributed by atoms with van der Waals surface area (Å²) in [5.41, 5.74) is 0. The predicted octanol–water partition coefficient (Wildman–Crippen LogP) is 16.4. The molecular weight excluding hydrogens is 769 g/mol. The lowest BCUT2D eigenvalue weighted by Gasteiger charge is -2.18. The Bertz CT molecular complexity index is 1310. The lowest BCUT2D eigenvalue weighted by molar-refractivity contribution is -0.166. The van der Waals surface area contributed by atoms with Crippen LogP contribution in [0.5, 0.6) is 0 Å². The molecule has 0 spiro atoms. The van der Waals surface area contributed by atoms with Crippen molar-refractivity contribution in [2.45, 2.75) is 213 Å². The van der Waals surface area contributed by atoms with E-state index in [0.29, 0.717) is 12.8 Å². The Morgan fingerprint density at radius 1 is 0.339 bits per heavy atom. The number of carbonyl (C=O) groups is 3. The van der Waals surface area contributed by atoms with Crippen molar-refractivity contribution in [1.82, 2.24) is 0 Å². The van der Waals surface area contributed by atoms with Gasteiger partial charge >= 0.3 is 17.9 Å². The Morgan fingerprint density at radius 3 is 1.11 bits per heavy atom. The summed E-state index contributed by atoms with van der Waals surface area (Å²) in [6.45, 7) is 6.29.